The summed E-state index contributed by atoms with van der Waals surface area (Å²) in [6.07, 6.45) is 3.72. The quantitative estimate of drug-likeness (QED) is 0.899. The maximum Gasteiger partial charge on any atom is 0.236 e. The van der Waals surface area contributed by atoms with Crippen molar-refractivity contribution in [1.29, 1.82) is 0 Å². The van der Waals surface area contributed by atoms with Crippen LogP contribution in [0.5, 0.6) is 0 Å². The van der Waals surface area contributed by atoms with E-state index in [2.05, 4.69) is 5.32 Å². The normalized spacial score (nSPS) is 18.0. The lowest BCUT2D eigenvalue weighted by Gasteiger charge is -2.33. The van der Waals surface area contributed by atoms with Crippen molar-refractivity contribution in [1.82, 2.24) is 10.2 Å². The van der Waals surface area contributed by atoms with Crippen LogP contribution in [0.3, 0.4) is 0 Å². The summed E-state index contributed by atoms with van der Waals surface area (Å²) in [6, 6.07) is 4.07. The van der Waals surface area contributed by atoms with Gasteiger partial charge in [-0.05, 0) is 56.3 Å². The van der Waals surface area contributed by atoms with Gasteiger partial charge in [-0.2, -0.15) is 0 Å². The lowest BCUT2D eigenvalue weighted by atomic mass is 9.91. The summed E-state index contributed by atoms with van der Waals surface area (Å²) in [5, 5.41) is 2.88. The van der Waals surface area contributed by atoms with E-state index in [1.807, 2.05) is 4.90 Å². The molecule has 1 aliphatic heterocycles. The first-order chi connectivity index (χ1) is 10.1. The number of likely N-dealkylation sites (N-methyl/N-ethyl adjacent to an activating group) is 1. The smallest absolute Gasteiger partial charge is 0.236 e. The third kappa shape index (κ3) is 5.21. The molecule has 1 N–H and O–H groups in total. The number of carbonyl (C=O) groups excluding carboxylic acids is 1. The van der Waals surface area contributed by atoms with Gasteiger partial charge in [0.1, 0.15) is 0 Å². The van der Waals surface area contributed by atoms with Gasteiger partial charge in [-0.1, -0.05) is 6.07 Å². The van der Waals surface area contributed by atoms with E-state index in [4.69, 9.17) is 0 Å². The number of piperidine rings is 1. The summed E-state index contributed by atoms with van der Waals surface area (Å²) >= 11 is 0. The molecule has 0 bridgehead atoms. The molecule has 1 saturated heterocycles. The Morgan fingerprint density at radius 3 is 2.82 bits per heavy atom. The number of nitrogens with zero attached hydrogens (tertiary/aromatic N) is 1. The zero-order valence-corrected chi connectivity index (χ0v) is 13.6. The van der Waals surface area contributed by atoms with Gasteiger partial charge in [0.25, 0.3) is 0 Å². The average Bonchev–Trinajstić information content (AvgIpc) is 2.49. The highest BCUT2D eigenvalue weighted by Gasteiger charge is 2.22. The molecular weight excluding hydrogens is 310 g/mol. The lowest BCUT2D eigenvalue weighted by molar-refractivity contribution is -0.131. The minimum Gasteiger partial charge on any atom is -0.341 e. The summed E-state index contributed by atoms with van der Waals surface area (Å²) in [5.41, 5.74) is 0.813. The zero-order chi connectivity index (χ0) is 15.2. The molecule has 3 nitrogen and oxygen atoms in total. The maximum absolute atomic E-state index is 13.2. The molecule has 22 heavy (non-hydrogen) atoms. The lowest BCUT2D eigenvalue weighted by Crippen LogP contribution is -2.43. The molecule has 0 radical (unpaired) electrons. The van der Waals surface area contributed by atoms with Crippen LogP contribution in [0.1, 0.15) is 24.8 Å². The van der Waals surface area contributed by atoms with Gasteiger partial charge in [-0.15, -0.1) is 12.4 Å². The first-order valence-electron chi connectivity index (χ1n) is 7.46. The van der Waals surface area contributed by atoms with Crippen molar-refractivity contribution >= 4 is 18.3 Å². The SMILES string of the molecule is CNCC(=O)N1CCCC(CCc2ccc(F)c(F)c2)C1.Cl. The van der Waals surface area contributed by atoms with Gasteiger partial charge in [0.15, 0.2) is 11.6 Å². The van der Waals surface area contributed by atoms with Crippen molar-refractivity contribution < 1.29 is 13.6 Å². The Balaban J connectivity index is 0.00000242. The largest absolute Gasteiger partial charge is 0.341 e. The number of nitrogens with one attached hydrogen (secondary N) is 1. The molecule has 1 unspecified atom stereocenters. The van der Waals surface area contributed by atoms with E-state index in [1.165, 1.54) is 12.1 Å². The number of likely N-dealkylation sites (tertiary alicyclic amines) is 1. The second kappa shape index (κ2) is 9.06. The van der Waals surface area contributed by atoms with Crippen molar-refractivity contribution in [3.05, 3.63) is 35.4 Å². The molecule has 1 heterocycles. The molecule has 1 aromatic carbocycles. The summed E-state index contributed by atoms with van der Waals surface area (Å²) in [7, 11) is 1.77. The van der Waals surface area contributed by atoms with Crippen molar-refractivity contribution in [3.8, 4) is 0 Å². The molecule has 124 valence electrons. The molecule has 1 aliphatic rings. The first kappa shape index (κ1) is 18.8. The summed E-state index contributed by atoms with van der Waals surface area (Å²) in [5.74, 6) is -1.02. The number of aryl methyl sites for hydroxylation is 1. The van der Waals surface area contributed by atoms with Gasteiger partial charge in [-0.3, -0.25) is 4.79 Å². The Hall–Kier alpha value is -1.20. The number of rotatable bonds is 5. The standard InChI is InChI=1S/C16H22F2N2O.ClH/c1-19-10-16(21)20-8-2-3-13(11-20)5-4-12-6-7-14(17)15(18)9-12;/h6-7,9,13,19H,2-5,8,10-11H2,1H3;1H. The van der Waals surface area contributed by atoms with E-state index in [9.17, 15) is 13.6 Å². The van der Waals surface area contributed by atoms with Crippen LogP contribution in [-0.2, 0) is 11.2 Å². The molecule has 2 rings (SSSR count). The highest BCUT2D eigenvalue weighted by atomic mass is 35.5. The van der Waals surface area contributed by atoms with Crippen LogP contribution in [0.25, 0.3) is 0 Å². The second-order valence-electron chi connectivity index (χ2n) is 5.67. The van der Waals surface area contributed by atoms with Crippen LogP contribution < -0.4 is 5.32 Å². The fourth-order valence-electron chi connectivity index (χ4n) is 2.86. The number of benzene rings is 1. The highest BCUT2D eigenvalue weighted by molar-refractivity contribution is 5.85. The third-order valence-corrected chi connectivity index (χ3v) is 4.02. The summed E-state index contributed by atoms with van der Waals surface area (Å²) in [4.78, 5) is 13.8. The summed E-state index contributed by atoms with van der Waals surface area (Å²) in [6.45, 7) is 1.96. The minimum atomic E-state index is -0.805. The van der Waals surface area contributed by atoms with E-state index in [0.29, 0.717) is 12.5 Å². The van der Waals surface area contributed by atoms with Crippen LogP contribution in [0.2, 0.25) is 0 Å². The number of amides is 1. The molecule has 1 atom stereocenters. The van der Waals surface area contributed by atoms with Crippen LogP contribution in [-0.4, -0.2) is 37.5 Å². The van der Waals surface area contributed by atoms with Crippen molar-refractivity contribution in [2.45, 2.75) is 25.7 Å². The average molecular weight is 333 g/mol. The third-order valence-electron chi connectivity index (χ3n) is 4.02. The monoisotopic (exact) mass is 332 g/mol. The van der Waals surface area contributed by atoms with Gasteiger partial charge >= 0.3 is 0 Å². The van der Waals surface area contributed by atoms with Crippen LogP contribution in [0.4, 0.5) is 8.78 Å². The predicted octanol–water partition coefficient (Wildman–Crippen LogP) is 2.78. The first-order valence-corrected chi connectivity index (χ1v) is 7.46. The van der Waals surface area contributed by atoms with Gasteiger partial charge in [-0.25, -0.2) is 8.78 Å². The molecule has 0 aliphatic carbocycles. The van der Waals surface area contributed by atoms with E-state index in [-0.39, 0.29) is 18.3 Å². The van der Waals surface area contributed by atoms with Crippen molar-refractivity contribution in [2.75, 3.05) is 26.7 Å². The van der Waals surface area contributed by atoms with Gasteiger partial charge in [0.2, 0.25) is 5.91 Å². The molecule has 1 amide bonds. The summed E-state index contributed by atoms with van der Waals surface area (Å²) < 4.78 is 26.0. The molecule has 1 fully saturated rings. The van der Waals surface area contributed by atoms with E-state index >= 15 is 0 Å². The molecule has 0 aromatic heterocycles. The van der Waals surface area contributed by atoms with Crippen LogP contribution in [0.15, 0.2) is 18.2 Å². The Kier molecular flexibility index (Phi) is 7.76. The molecule has 6 heteroatoms. The molecular formula is C16H23ClF2N2O. The molecule has 0 spiro atoms. The van der Waals surface area contributed by atoms with Gasteiger partial charge in [0.05, 0.1) is 6.54 Å². The van der Waals surface area contributed by atoms with Crippen molar-refractivity contribution in [2.24, 2.45) is 5.92 Å². The Morgan fingerprint density at radius 2 is 2.14 bits per heavy atom. The number of hydrogen-bond acceptors (Lipinski definition) is 2. The van der Waals surface area contributed by atoms with Gasteiger partial charge < -0.3 is 10.2 Å². The number of hydrogen-bond donors (Lipinski definition) is 1. The van der Waals surface area contributed by atoms with E-state index in [1.54, 1.807) is 13.1 Å². The number of halogens is 3. The second-order valence-corrected chi connectivity index (χ2v) is 5.67. The fraction of sp³-hybridized carbons (Fsp3) is 0.562. The molecule has 1 aromatic rings. The number of carbonyl (C=O) groups is 1. The van der Waals surface area contributed by atoms with E-state index < -0.39 is 11.6 Å². The Morgan fingerprint density at radius 1 is 1.36 bits per heavy atom. The van der Waals surface area contributed by atoms with Crippen LogP contribution in [0, 0.1) is 17.6 Å². The highest BCUT2D eigenvalue weighted by Crippen LogP contribution is 2.22. The van der Waals surface area contributed by atoms with Crippen molar-refractivity contribution in [3.63, 3.8) is 0 Å². The molecule has 0 saturated carbocycles. The Labute approximate surface area is 136 Å². The predicted molar refractivity (Wildman–Crippen MR) is 85.2 cm³/mol. The fourth-order valence-corrected chi connectivity index (χ4v) is 2.86. The zero-order valence-electron chi connectivity index (χ0n) is 12.8. The topological polar surface area (TPSA) is 32.3 Å². The maximum atomic E-state index is 13.2. The Bertz CT molecular complexity index is 499. The van der Waals surface area contributed by atoms with Gasteiger partial charge in [0, 0.05) is 13.1 Å². The minimum absolute atomic E-state index is 0. The van der Waals surface area contributed by atoms with Crippen LogP contribution >= 0.6 is 12.4 Å². The van der Waals surface area contributed by atoms with E-state index in [0.717, 1.165) is 44.3 Å².